The summed E-state index contributed by atoms with van der Waals surface area (Å²) in [7, 11) is 0. The summed E-state index contributed by atoms with van der Waals surface area (Å²) >= 11 is 1.83. The molecule has 5 heteroatoms. The number of fused-ring (bicyclic) bond motifs is 9. The predicted octanol–water partition coefficient (Wildman–Crippen LogP) is 12.4. The third kappa shape index (κ3) is 4.60. The van der Waals surface area contributed by atoms with Crippen LogP contribution < -0.4 is 5.32 Å². The van der Waals surface area contributed by atoms with Crippen molar-refractivity contribution in [2.24, 2.45) is 9.98 Å². The van der Waals surface area contributed by atoms with Gasteiger partial charge in [0.25, 0.3) is 0 Å². The van der Waals surface area contributed by atoms with E-state index in [2.05, 4.69) is 151 Å². The lowest BCUT2D eigenvalue weighted by molar-refractivity contribution is 0.667. The van der Waals surface area contributed by atoms with Crippen LogP contribution in [0.5, 0.6) is 0 Å². The molecule has 0 saturated heterocycles. The first-order chi connectivity index (χ1) is 25.7. The number of hydrogen-bond donors (Lipinski definition) is 1. The number of hydrogen-bond acceptors (Lipinski definition) is 5. The van der Waals surface area contributed by atoms with Crippen LogP contribution in [0.1, 0.15) is 22.9 Å². The van der Waals surface area contributed by atoms with Crippen molar-refractivity contribution in [3.8, 4) is 11.1 Å². The van der Waals surface area contributed by atoms with E-state index in [1.807, 2.05) is 29.5 Å². The Morgan fingerprint density at radius 3 is 2.06 bits per heavy atom. The van der Waals surface area contributed by atoms with Gasteiger partial charge in [0, 0.05) is 47.6 Å². The molecule has 0 spiro atoms. The average Bonchev–Trinajstić information content (AvgIpc) is 3.78. The molecule has 1 N–H and O–H groups in total. The van der Waals surface area contributed by atoms with E-state index >= 15 is 0 Å². The molecule has 11 rings (SSSR count). The maximum atomic E-state index is 6.49. The Morgan fingerprint density at radius 2 is 1.15 bits per heavy atom. The summed E-state index contributed by atoms with van der Waals surface area (Å²) < 4.78 is 9.05. The Balaban J connectivity index is 1.17. The van der Waals surface area contributed by atoms with Crippen LogP contribution in [0.4, 0.5) is 0 Å². The molecule has 4 nitrogen and oxygen atoms in total. The standard InChI is InChI=1S/C47H29N3OS/c1-2-11-29(12-3-1)45-48-46(32-20-22-34-30(26-32)19-18-28-10-4-5-13-33(28)34)50-47(49-45)44-35(23-24-40-43(44)37-15-6-8-16-39(37)51-40)31-21-25-42-38(27-31)36-14-7-9-17-41(36)52-42/h1-27,47H,(H,48,49,50). The highest BCUT2D eigenvalue weighted by atomic mass is 32.1. The lowest BCUT2D eigenvalue weighted by Gasteiger charge is -2.24. The van der Waals surface area contributed by atoms with E-state index in [4.69, 9.17) is 14.4 Å². The summed E-state index contributed by atoms with van der Waals surface area (Å²) in [6.45, 7) is 0. The Labute approximate surface area is 303 Å². The Morgan fingerprint density at radius 1 is 0.462 bits per heavy atom. The van der Waals surface area contributed by atoms with Crippen molar-refractivity contribution in [3.63, 3.8) is 0 Å². The number of thiophene rings is 1. The maximum Gasteiger partial charge on any atom is 0.171 e. The third-order valence-electron chi connectivity index (χ3n) is 10.3. The third-order valence-corrected chi connectivity index (χ3v) is 11.5. The first-order valence-corrected chi connectivity index (χ1v) is 18.3. The second-order valence-electron chi connectivity index (χ2n) is 13.4. The molecule has 8 aromatic carbocycles. The summed E-state index contributed by atoms with van der Waals surface area (Å²) in [5, 5.41) is 13.1. The van der Waals surface area contributed by atoms with Gasteiger partial charge in [-0.05, 0) is 69.1 Å². The van der Waals surface area contributed by atoms with Crippen LogP contribution in [0.15, 0.2) is 178 Å². The zero-order valence-electron chi connectivity index (χ0n) is 27.9. The molecular weight excluding hydrogens is 655 g/mol. The van der Waals surface area contributed by atoms with Crippen molar-refractivity contribution in [1.82, 2.24) is 5.32 Å². The fourth-order valence-corrected chi connectivity index (χ4v) is 8.97. The second-order valence-corrected chi connectivity index (χ2v) is 14.4. The number of nitrogens with zero attached hydrogens (tertiary/aromatic N) is 2. The van der Waals surface area contributed by atoms with Gasteiger partial charge in [-0.1, -0.05) is 127 Å². The minimum atomic E-state index is -0.548. The van der Waals surface area contributed by atoms with Gasteiger partial charge in [-0.25, -0.2) is 9.98 Å². The molecule has 0 bridgehead atoms. The molecule has 10 aromatic rings. The summed E-state index contributed by atoms with van der Waals surface area (Å²) in [4.78, 5) is 10.9. The van der Waals surface area contributed by atoms with Gasteiger partial charge in [0.2, 0.25) is 0 Å². The van der Waals surface area contributed by atoms with E-state index < -0.39 is 6.17 Å². The summed E-state index contributed by atoms with van der Waals surface area (Å²) in [5.41, 5.74) is 6.93. The van der Waals surface area contributed by atoms with E-state index in [0.717, 1.165) is 61.4 Å². The molecule has 0 saturated carbocycles. The van der Waals surface area contributed by atoms with Crippen LogP contribution in [-0.4, -0.2) is 11.7 Å². The van der Waals surface area contributed by atoms with Gasteiger partial charge in [-0.2, -0.15) is 0 Å². The van der Waals surface area contributed by atoms with Gasteiger partial charge in [-0.15, -0.1) is 11.3 Å². The molecule has 0 amide bonds. The van der Waals surface area contributed by atoms with Crippen molar-refractivity contribution in [3.05, 3.63) is 180 Å². The zero-order valence-corrected chi connectivity index (χ0v) is 28.7. The van der Waals surface area contributed by atoms with Gasteiger partial charge in [-0.3, -0.25) is 0 Å². The Hall–Kier alpha value is -6.56. The normalized spacial score (nSPS) is 14.7. The highest BCUT2D eigenvalue weighted by molar-refractivity contribution is 7.25. The lowest BCUT2D eigenvalue weighted by Crippen LogP contribution is -2.36. The van der Waals surface area contributed by atoms with Crippen molar-refractivity contribution >= 4 is 86.7 Å². The molecule has 1 aliphatic heterocycles. The fourth-order valence-electron chi connectivity index (χ4n) is 7.89. The van der Waals surface area contributed by atoms with Crippen molar-refractivity contribution in [2.45, 2.75) is 6.17 Å². The molecular formula is C47H29N3OS. The average molecular weight is 684 g/mol. The first-order valence-electron chi connectivity index (χ1n) is 17.5. The van der Waals surface area contributed by atoms with Crippen molar-refractivity contribution < 1.29 is 4.42 Å². The van der Waals surface area contributed by atoms with Gasteiger partial charge in [0.1, 0.15) is 22.8 Å². The number of rotatable bonds is 4. The van der Waals surface area contributed by atoms with Crippen LogP contribution in [-0.2, 0) is 0 Å². The van der Waals surface area contributed by atoms with E-state index in [1.165, 1.54) is 41.7 Å². The van der Waals surface area contributed by atoms with E-state index in [0.29, 0.717) is 0 Å². The molecule has 52 heavy (non-hydrogen) atoms. The van der Waals surface area contributed by atoms with E-state index in [-0.39, 0.29) is 0 Å². The van der Waals surface area contributed by atoms with E-state index in [1.54, 1.807) is 0 Å². The number of furan rings is 1. The molecule has 2 aromatic heterocycles. The number of aliphatic imine (C=N–C) groups is 2. The highest BCUT2D eigenvalue weighted by Gasteiger charge is 2.27. The quantitative estimate of drug-likeness (QED) is 0.188. The first kappa shape index (κ1) is 29.2. The molecule has 1 unspecified atom stereocenters. The Kier molecular flexibility index (Phi) is 6.45. The molecule has 1 aliphatic rings. The lowest BCUT2D eigenvalue weighted by atomic mass is 9.92. The highest BCUT2D eigenvalue weighted by Crippen LogP contribution is 2.44. The fraction of sp³-hybridized carbons (Fsp3) is 0.0213. The second kappa shape index (κ2) is 11.5. The minimum Gasteiger partial charge on any atom is -0.456 e. The summed E-state index contributed by atoms with van der Waals surface area (Å²) in [6, 6.07) is 58.0. The summed E-state index contributed by atoms with van der Waals surface area (Å²) in [6.07, 6.45) is -0.548. The van der Waals surface area contributed by atoms with Crippen LogP contribution in [0.3, 0.4) is 0 Å². The molecule has 0 radical (unpaired) electrons. The van der Waals surface area contributed by atoms with Gasteiger partial charge < -0.3 is 9.73 Å². The monoisotopic (exact) mass is 683 g/mol. The number of para-hydroxylation sites is 1. The summed E-state index contributed by atoms with van der Waals surface area (Å²) in [5.74, 6) is 1.56. The van der Waals surface area contributed by atoms with Crippen molar-refractivity contribution in [2.75, 3.05) is 0 Å². The van der Waals surface area contributed by atoms with E-state index in [9.17, 15) is 0 Å². The number of benzene rings is 8. The van der Waals surface area contributed by atoms with Crippen LogP contribution >= 0.6 is 11.3 Å². The van der Waals surface area contributed by atoms with Crippen LogP contribution in [0.25, 0.3) is 74.8 Å². The van der Waals surface area contributed by atoms with Gasteiger partial charge >= 0.3 is 0 Å². The van der Waals surface area contributed by atoms with Crippen molar-refractivity contribution in [1.29, 1.82) is 0 Å². The maximum absolute atomic E-state index is 6.49. The number of amidine groups is 2. The topological polar surface area (TPSA) is 49.9 Å². The number of nitrogens with one attached hydrogen (secondary N) is 1. The zero-order chi connectivity index (χ0) is 34.2. The molecule has 0 fully saturated rings. The smallest absolute Gasteiger partial charge is 0.171 e. The van der Waals surface area contributed by atoms with Crippen LogP contribution in [0, 0.1) is 0 Å². The van der Waals surface area contributed by atoms with Crippen LogP contribution in [0.2, 0.25) is 0 Å². The Bertz CT molecular complexity index is 3120. The molecule has 244 valence electrons. The predicted molar refractivity (Wildman–Crippen MR) is 219 cm³/mol. The molecule has 0 aliphatic carbocycles. The minimum absolute atomic E-state index is 0.548. The van der Waals surface area contributed by atoms with Gasteiger partial charge in [0.05, 0.1) is 0 Å². The molecule has 3 heterocycles. The van der Waals surface area contributed by atoms with Gasteiger partial charge in [0.15, 0.2) is 6.17 Å². The molecule has 1 atom stereocenters. The SMILES string of the molecule is c1ccc(C2=NC(c3c(-c4ccc5sc6ccccc6c5c4)ccc4oc5ccccc5c34)N=C(c3ccc4c(ccc5ccccc54)c3)N2)cc1. The largest absolute Gasteiger partial charge is 0.456 e.